The van der Waals surface area contributed by atoms with Crippen LogP contribution in [0.1, 0.15) is 52.4 Å². The Bertz CT molecular complexity index is 659. The van der Waals surface area contributed by atoms with E-state index in [1.54, 1.807) is 0 Å². The Kier molecular flexibility index (Phi) is 5.24. The minimum atomic E-state index is 0.0729. The summed E-state index contributed by atoms with van der Waals surface area (Å²) >= 11 is 0. The van der Waals surface area contributed by atoms with Crippen LogP contribution in [0.2, 0.25) is 0 Å². The van der Waals surface area contributed by atoms with E-state index in [-0.39, 0.29) is 5.41 Å². The van der Waals surface area contributed by atoms with E-state index >= 15 is 0 Å². The molecule has 4 nitrogen and oxygen atoms in total. The summed E-state index contributed by atoms with van der Waals surface area (Å²) in [6.45, 7) is 12.9. The van der Waals surface area contributed by atoms with Gasteiger partial charge in [-0.3, -0.25) is 0 Å². The highest BCUT2D eigenvalue weighted by Gasteiger charge is 2.18. The van der Waals surface area contributed by atoms with Gasteiger partial charge in [-0.1, -0.05) is 45.9 Å². The highest BCUT2D eigenvalue weighted by molar-refractivity contribution is 5.64. The number of hydrogen-bond acceptors (Lipinski definition) is 4. The van der Waals surface area contributed by atoms with Crippen molar-refractivity contribution in [2.24, 2.45) is 0 Å². The molecule has 0 aliphatic carbocycles. The molecule has 0 spiro atoms. The molecule has 4 heteroatoms. The Labute approximate surface area is 139 Å². The summed E-state index contributed by atoms with van der Waals surface area (Å²) < 4.78 is 0. The van der Waals surface area contributed by atoms with Gasteiger partial charge in [0.25, 0.3) is 0 Å². The van der Waals surface area contributed by atoms with Crippen molar-refractivity contribution < 1.29 is 0 Å². The summed E-state index contributed by atoms with van der Waals surface area (Å²) in [4.78, 5) is 9.00. The molecule has 0 aliphatic rings. The van der Waals surface area contributed by atoms with Crippen LogP contribution in [0.4, 0.5) is 17.3 Å². The van der Waals surface area contributed by atoms with Gasteiger partial charge in [0.2, 0.25) is 0 Å². The Morgan fingerprint density at radius 3 is 2.39 bits per heavy atom. The lowest BCUT2D eigenvalue weighted by Gasteiger charge is -2.23. The maximum atomic E-state index is 4.52. The zero-order valence-electron chi connectivity index (χ0n) is 15.1. The van der Waals surface area contributed by atoms with E-state index < -0.39 is 0 Å². The molecule has 1 atom stereocenters. The normalized spacial score (nSPS) is 12.8. The van der Waals surface area contributed by atoms with Crippen LogP contribution >= 0.6 is 0 Å². The summed E-state index contributed by atoms with van der Waals surface area (Å²) in [5, 5.41) is 6.87. The quantitative estimate of drug-likeness (QED) is 0.812. The Morgan fingerprint density at radius 2 is 1.74 bits per heavy atom. The number of benzene rings is 1. The monoisotopic (exact) mass is 312 g/mol. The number of nitrogens with one attached hydrogen (secondary N) is 2. The molecule has 2 aromatic rings. The molecule has 2 N–H and O–H groups in total. The van der Waals surface area contributed by atoms with Gasteiger partial charge < -0.3 is 10.6 Å². The number of rotatable bonds is 5. The Balaban J connectivity index is 2.31. The van der Waals surface area contributed by atoms with Crippen LogP contribution in [0.25, 0.3) is 0 Å². The first-order valence-electron chi connectivity index (χ1n) is 8.28. The van der Waals surface area contributed by atoms with E-state index in [1.807, 2.05) is 19.1 Å². The molecule has 1 aromatic carbocycles. The highest BCUT2D eigenvalue weighted by Crippen LogP contribution is 2.31. The standard InChI is InChI=1S/C19H28N4/c1-7-13(2)20-17-12-18(22-14(3)21-17)23-16-11-9-8-10-15(16)19(4,5)6/h8-13H,7H2,1-6H3,(H2,20,21,22,23). The predicted molar refractivity (Wildman–Crippen MR) is 98.6 cm³/mol. The van der Waals surface area contributed by atoms with E-state index in [0.717, 1.165) is 29.6 Å². The first kappa shape index (κ1) is 17.3. The molecule has 0 aliphatic heterocycles. The topological polar surface area (TPSA) is 49.8 Å². The van der Waals surface area contributed by atoms with Gasteiger partial charge in [0.05, 0.1) is 0 Å². The van der Waals surface area contributed by atoms with Crippen LogP contribution in [0.3, 0.4) is 0 Å². The minimum absolute atomic E-state index is 0.0729. The first-order chi connectivity index (χ1) is 10.8. The fourth-order valence-corrected chi connectivity index (χ4v) is 2.44. The minimum Gasteiger partial charge on any atom is -0.367 e. The van der Waals surface area contributed by atoms with E-state index in [4.69, 9.17) is 0 Å². The second kappa shape index (κ2) is 6.99. The summed E-state index contributed by atoms with van der Waals surface area (Å²) in [5.41, 5.74) is 2.43. The molecular formula is C19H28N4. The SMILES string of the molecule is CCC(C)Nc1cc(Nc2ccccc2C(C)(C)C)nc(C)n1. The number of aromatic nitrogens is 2. The molecule has 0 bridgehead atoms. The van der Waals surface area contributed by atoms with Crippen LogP contribution in [0, 0.1) is 6.92 Å². The Morgan fingerprint density at radius 1 is 1.09 bits per heavy atom. The molecule has 1 aromatic heterocycles. The van der Waals surface area contributed by atoms with Gasteiger partial charge in [0, 0.05) is 17.8 Å². The second-order valence-corrected chi connectivity index (χ2v) is 7.06. The molecular weight excluding hydrogens is 284 g/mol. The third-order valence-corrected chi connectivity index (χ3v) is 3.84. The average Bonchev–Trinajstić information content (AvgIpc) is 2.46. The van der Waals surface area contributed by atoms with Crippen molar-refractivity contribution in [3.63, 3.8) is 0 Å². The van der Waals surface area contributed by atoms with Crippen LogP contribution < -0.4 is 10.6 Å². The van der Waals surface area contributed by atoms with Gasteiger partial charge >= 0.3 is 0 Å². The van der Waals surface area contributed by atoms with Crippen molar-refractivity contribution in [3.8, 4) is 0 Å². The van der Waals surface area contributed by atoms with Crippen molar-refractivity contribution >= 4 is 17.3 Å². The fourth-order valence-electron chi connectivity index (χ4n) is 2.44. The molecule has 0 amide bonds. The van der Waals surface area contributed by atoms with Crippen molar-refractivity contribution in [2.75, 3.05) is 10.6 Å². The Hall–Kier alpha value is -2.10. The zero-order valence-corrected chi connectivity index (χ0v) is 15.1. The van der Waals surface area contributed by atoms with Gasteiger partial charge in [0.1, 0.15) is 17.5 Å². The van der Waals surface area contributed by atoms with Gasteiger partial charge in [-0.2, -0.15) is 0 Å². The number of para-hydroxylation sites is 1. The maximum absolute atomic E-state index is 4.52. The summed E-state index contributed by atoms with van der Waals surface area (Å²) in [5.74, 6) is 2.44. The van der Waals surface area contributed by atoms with E-state index in [9.17, 15) is 0 Å². The van der Waals surface area contributed by atoms with Crippen LogP contribution in [-0.2, 0) is 5.41 Å². The van der Waals surface area contributed by atoms with Gasteiger partial charge in [-0.15, -0.1) is 0 Å². The van der Waals surface area contributed by atoms with Crippen molar-refractivity contribution in [3.05, 3.63) is 41.7 Å². The largest absolute Gasteiger partial charge is 0.367 e. The number of anilines is 3. The van der Waals surface area contributed by atoms with Crippen LogP contribution in [0.15, 0.2) is 30.3 Å². The van der Waals surface area contributed by atoms with Gasteiger partial charge in [-0.25, -0.2) is 9.97 Å². The molecule has 124 valence electrons. The molecule has 0 radical (unpaired) electrons. The lowest BCUT2D eigenvalue weighted by molar-refractivity contribution is 0.592. The molecule has 2 rings (SSSR count). The van der Waals surface area contributed by atoms with Crippen molar-refractivity contribution in [2.45, 2.75) is 59.4 Å². The molecule has 0 saturated carbocycles. The number of hydrogen-bond donors (Lipinski definition) is 2. The smallest absolute Gasteiger partial charge is 0.136 e. The number of aryl methyl sites for hydroxylation is 1. The van der Waals surface area contributed by atoms with Crippen molar-refractivity contribution in [1.29, 1.82) is 0 Å². The van der Waals surface area contributed by atoms with Gasteiger partial charge in [-0.05, 0) is 37.3 Å². The van der Waals surface area contributed by atoms with E-state index in [1.165, 1.54) is 5.56 Å². The molecule has 23 heavy (non-hydrogen) atoms. The second-order valence-electron chi connectivity index (χ2n) is 7.06. The van der Waals surface area contributed by atoms with E-state index in [2.05, 4.69) is 73.4 Å². The van der Waals surface area contributed by atoms with Crippen LogP contribution in [0.5, 0.6) is 0 Å². The predicted octanol–water partition coefficient (Wildman–Crippen LogP) is 5.04. The molecule has 1 heterocycles. The maximum Gasteiger partial charge on any atom is 0.136 e. The molecule has 1 unspecified atom stereocenters. The molecule has 0 saturated heterocycles. The first-order valence-corrected chi connectivity index (χ1v) is 8.28. The third kappa shape index (κ3) is 4.68. The lowest BCUT2D eigenvalue weighted by Crippen LogP contribution is -2.16. The summed E-state index contributed by atoms with van der Waals surface area (Å²) in [6.07, 6.45) is 1.05. The van der Waals surface area contributed by atoms with Crippen molar-refractivity contribution in [1.82, 2.24) is 9.97 Å². The average molecular weight is 312 g/mol. The fraction of sp³-hybridized carbons (Fsp3) is 0.474. The van der Waals surface area contributed by atoms with Crippen LogP contribution in [-0.4, -0.2) is 16.0 Å². The number of nitrogens with zero attached hydrogens (tertiary/aromatic N) is 2. The zero-order chi connectivity index (χ0) is 17.0. The lowest BCUT2D eigenvalue weighted by atomic mass is 9.86. The van der Waals surface area contributed by atoms with Gasteiger partial charge in [0.15, 0.2) is 0 Å². The summed E-state index contributed by atoms with van der Waals surface area (Å²) in [7, 11) is 0. The third-order valence-electron chi connectivity index (χ3n) is 3.84. The molecule has 0 fully saturated rings. The van der Waals surface area contributed by atoms with E-state index in [0.29, 0.717) is 6.04 Å². The highest BCUT2D eigenvalue weighted by atomic mass is 15.1. The summed E-state index contributed by atoms with van der Waals surface area (Å²) in [6, 6.07) is 10.7.